The third-order valence-electron chi connectivity index (χ3n) is 4.77. The van der Waals surface area contributed by atoms with E-state index in [0.29, 0.717) is 17.6 Å². The molecule has 0 atom stereocenters. The Morgan fingerprint density at radius 3 is 2.37 bits per heavy atom. The molecule has 4 heteroatoms. The minimum absolute atomic E-state index is 0.0675. The molecule has 2 heterocycles. The van der Waals surface area contributed by atoms with Crippen molar-refractivity contribution in [2.45, 2.75) is 32.6 Å². The van der Waals surface area contributed by atoms with E-state index in [-0.39, 0.29) is 11.0 Å². The van der Waals surface area contributed by atoms with Crippen molar-refractivity contribution in [3.63, 3.8) is 0 Å². The molecule has 2 aromatic carbocycles. The standard InChI is InChI=1S/C23H22N2OS/c1-23(2,3)17-11-9-16(10-12-17)18-14-27-22-20(18)21(26)24-19(25-22)13-15-7-5-4-6-8-15/h4-12,14H,13H2,1-3H3,(H,24,25,26). The fraction of sp³-hybridized carbons (Fsp3) is 0.217. The van der Waals surface area contributed by atoms with Gasteiger partial charge in [-0.2, -0.15) is 0 Å². The summed E-state index contributed by atoms with van der Waals surface area (Å²) in [6.45, 7) is 6.60. The number of thiophene rings is 1. The Labute approximate surface area is 162 Å². The zero-order valence-electron chi connectivity index (χ0n) is 15.7. The van der Waals surface area contributed by atoms with Gasteiger partial charge in [0.2, 0.25) is 0 Å². The maximum Gasteiger partial charge on any atom is 0.260 e. The van der Waals surface area contributed by atoms with Crippen LogP contribution in [0, 0.1) is 0 Å². The van der Waals surface area contributed by atoms with Gasteiger partial charge in [0.05, 0.1) is 5.39 Å². The van der Waals surface area contributed by atoms with Crippen LogP contribution in [-0.2, 0) is 11.8 Å². The summed E-state index contributed by atoms with van der Waals surface area (Å²) in [4.78, 5) is 21.2. The summed E-state index contributed by atoms with van der Waals surface area (Å²) in [5.41, 5.74) is 4.47. The third-order valence-corrected chi connectivity index (χ3v) is 5.64. The molecule has 0 saturated carbocycles. The molecule has 0 radical (unpaired) electrons. The molecule has 0 aliphatic rings. The second-order valence-corrected chi connectivity index (χ2v) is 8.69. The van der Waals surface area contributed by atoms with Gasteiger partial charge in [-0.05, 0) is 22.1 Å². The van der Waals surface area contributed by atoms with E-state index >= 15 is 0 Å². The first-order valence-electron chi connectivity index (χ1n) is 9.07. The van der Waals surface area contributed by atoms with Crippen LogP contribution >= 0.6 is 11.3 Å². The quantitative estimate of drug-likeness (QED) is 0.512. The summed E-state index contributed by atoms with van der Waals surface area (Å²) < 4.78 is 0. The van der Waals surface area contributed by atoms with E-state index in [2.05, 4.69) is 50.0 Å². The second kappa shape index (κ2) is 6.78. The Kier molecular flexibility index (Phi) is 4.44. The lowest BCUT2D eigenvalue weighted by molar-refractivity contribution is 0.590. The highest BCUT2D eigenvalue weighted by atomic mass is 32.1. The van der Waals surface area contributed by atoms with Gasteiger partial charge in [0.1, 0.15) is 10.7 Å². The molecular formula is C23H22N2OS. The van der Waals surface area contributed by atoms with Crippen LogP contribution in [-0.4, -0.2) is 9.97 Å². The van der Waals surface area contributed by atoms with Crippen LogP contribution < -0.4 is 5.56 Å². The first-order chi connectivity index (χ1) is 12.9. The number of nitrogens with zero attached hydrogens (tertiary/aromatic N) is 1. The fourth-order valence-electron chi connectivity index (χ4n) is 3.23. The third kappa shape index (κ3) is 3.58. The maximum atomic E-state index is 12.8. The van der Waals surface area contributed by atoms with Crippen LogP contribution in [0.1, 0.15) is 37.7 Å². The van der Waals surface area contributed by atoms with Crippen molar-refractivity contribution in [1.82, 2.24) is 9.97 Å². The van der Waals surface area contributed by atoms with Gasteiger partial charge in [0.25, 0.3) is 5.56 Å². The molecule has 3 nitrogen and oxygen atoms in total. The molecule has 0 spiro atoms. The van der Waals surface area contributed by atoms with Crippen LogP contribution in [0.5, 0.6) is 0 Å². The predicted molar refractivity (Wildman–Crippen MR) is 114 cm³/mol. The smallest absolute Gasteiger partial charge is 0.260 e. The summed E-state index contributed by atoms with van der Waals surface area (Å²) in [7, 11) is 0. The van der Waals surface area contributed by atoms with E-state index in [1.165, 1.54) is 16.9 Å². The van der Waals surface area contributed by atoms with Crippen molar-refractivity contribution in [3.8, 4) is 11.1 Å². The average molecular weight is 375 g/mol. The number of hydrogen-bond donors (Lipinski definition) is 1. The van der Waals surface area contributed by atoms with E-state index in [9.17, 15) is 4.79 Å². The Morgan fingerprint density at radius 2 is 1.70 bits per heavy atom. The van der Waals surface area contributed by atoms with Crippen molar-refractivity contribution in [1.29, 1.82) is 0 Å². The number of benzene rings is 2. The first kappa shape index (κ1) is 17.7. The van der Waals surface area contributed by atoms with Gasteiger partial charge in [-0.1, -0.05) is 75.4 Å². The Hall–Kier alpha value is -2.72. The molecule has 4 rings (SSSR count). The lowest BCUT2D eigenvalue weighted by atomic mass is 9.86. The Balaban J connectivity index is 1.73. The highest BCUT2D eigenvalue weighted by Crippen LogP contribution is 2.32. The molecule has 2 aromatic heterocycles. The van der Waals surface area contributed by atoms with Crippen molar-refractivity contribution in [2.75, 3.05) is 0 Å². The zero-order chi connectivity index (χ0) is 19.0. The van der Waals surface area contributed by atoms with Crippen LogP contribution in [0.4, 0.5) is 0 Å². The molecule has 0 fully saturated rings. The lowest BCUT2D eigenvalue weighted by Gasteiger charge is -2.19. The predicted octanol–water partition coefficient (Wildman–Crippen LogP) is 5.54. The molecule has 0 saturated heterocycles. The van der Waals surface area contributed by atoms with Gasteiger partial charge in [-0.15, -0.1) is 11.3 Å². The normalized spacial score (nSPS) is 11.8. The minimum atomic E-state index is -0.0675. The lowest BCUT2D eigenvalue weighted by Crippen LogP contribution is -2.12. The molecule has 0 unspecified atom stereocenters. The summed E-state index contributed by atoms with van der Waals surface area (Å²) >= 11 is 1.53. The van der Waals surface area contributed by atoms with Gasteiger partial charge >= 0.3 is 0 Å². The number of H-pyrrole nitrogens is 1. The Morgan fingerprint density at radius 1 is 1.00 bits per heavy atom. The first-order valence-corrected chi connectivity index (χ1v) is 9.95. The molecule has 0 amide bonds. The number of aromatic amines is 1. The van der Waals surface area contributed by atoms with Gasteiger partial charge in [-0.3, -0.25) is 4.79 Å². The fourth-order valence-corrected chi connectivity index (χ4v) is 4.20. The summed E-state index contributed by atoms with van der Waals surface area (Å²) in [5.74, 6) is 0.704. The molecule has 1 N–H and O–H groups in total. The highest BCUT2D eigenvalue weighted by molar-refractivity contribution is 7.17. The number of rotatable bonds is 3. The van der Waals surface area contributed by atoms with Gasteiger partial charge < -0.3 is 4.98 Å². The van der Waals surface area contributed by atoms with Crippen LogP contribution in [0.25, 0.3) is 21.3 Å². The summed E-state index contributed by atoms with van der Waals surface area (Å²) in [6, 6.07) is 18.5. The summed E-state index contributed by atoms with van der Waals surface area (Å²) in [6.07, 6.45) is 0.625. The maximum absolute atomic E-state index is 12.8. The van der Waals surface area contributed by atoms with Gasteiger partial charge in [0.15, 0.2) is 0 Å². The minimum Gasteiger partial charge on any atom is -0.310 e. The highest BCUT2D eigenvalue weighted by Gasteiger charge is 2.16. The number of hydrogen-bond acceptors (Lipinski definition) is 3. The monoisotopic (exact) mass is 374 g/mol. The topological polar surface area (TPSA) is 45.8 Å². The van der Waals surface area contributed by atoms with E-state index in [4.69, 9.17) is 4.98 Å². The van der Waals surface area contributed by atoms with Crippen LogP contribution in [0.3, 0.4) is 0 Å². The van der Waals surface area contributed by atoms with E-state index in [1.807, 2.05) is 35.7 Å². The molecule has 0 bridgehead atoms. The van der Waals surface area contributed by atoms with Crippen LogP contribution in [0.15, 0.2) is 64.8 Å². The van der Waals surface area contributed by atoms with E-state index in [1.54, 1.807) is 0 Å². The largest absolute Gasteiger partial charge is 0.310 e. The number of nitrogens with one attached hydrogen (secondary N) is 1. The molecule has 4 aromatic rings. The van der Waals surface area contributed by atoms with Crippen LogP contribution in [0.2, 0.25) is 0 Å². The van der Waals surface area contributed by atoms with Gasteiger partial charge in [0, 0.05) is 17.4 Å². The molecule has 27 heavy (non-hydrogen) atoms. The van der Waals surface area contributed by atoms with E-state index in [0.717, 1.165) is 21.5 Å². The number of fused-ring (bicyclic) bond motifs is 1. The van der Waals surface area contributed by atoms with Crippen molar-refractivity contribution in [2.24, 2.45) is 0 Å². The van der Waals surface area contributed by atoms with Gasteiger partial charge in [-0.25, -0.2) is 4.98 Å². The molecule has 0 aliphatic carbocycles. The average Bonchev–Trinajstić information content (AvgIpc) is 3.06. The zero-order valence-corrected chi connectivity index (χ0v) is 16.6. The molecule has 0 aliphatic heterocycles. The molecular weight excluding hydrogens is 352 g/mol. The SMILES string of the molecule is CC(C)(C)c1ccc(-c2csc3nc(Cc4ccccc4)[nH]c(=O)c23)cc1. The summed E-state index contributed by atoms with van der Waals surface area (Å²) in [5, 5.41) is 2.71. The van der Waals surface area contributed by atoms with E-state index < -0.39 is 0 Å². The second-order valence-electron chi connectivity index (χ2n) is 7.83. The molecule has 136 valence electrons. The Bertz CT molecular complexity index is 1130. The number of aromatic nitrogens is 2. The van der Waals surface area contributed by atoms with Crippen molar-refractivity contribution >= 4 is 21.6 Å². The van der Waals surface area contributed by atoms with Crippen molar-refractivity contribution < 1.29 is 0 Å². The van der Waals surface area contributed by atoms with Crippen molar-refractivity contribution in [3.05, 3.63) is 87.3 Å².